The molecular weight excluding hydrogens is 270 g/mol. The van der Waals surface area contributed by atoms with Crippen molar-refractivity contribution in [2.45, 2.75) is 13.5 Å². The second kappa shape index (κ2) is 6.84. The van der Waals surface area contributed by atoms with E-state index in [1.807, 2.05) is 7.05 Å². The molecule has 1 heterocycles. The fraction of sp³-hybridized carbons (Fsp3) is 0.368. The Morgan fingerprint density at radius 3 is 1.68 bits per heavy atom. The summed E-state index contributed by atoms with van der Waals surface area (Å²) in [5.41, 5.74) is 5.34. The molecule has 0 bridgehead atoms. The van der Waals surface area contributed by atoms with Crippen LogP contribution < -0.4 is 15.1 Å². The molecule has 0 atom stereocenters. The molecule has 116 valence electrons. The Morgan fingerprint density at radius 1 is 0.773 bits per heavy atom. The third-order valence-electron chi connectivity index (χ3n) is 4.36. The van der Waals surface area contributed by atoms with Crippen molar-refractivity contribution in [3.05, 3.63) is 59.7 Å². The Labute approximate surface area is 133 Å². The first-order valence-electron chi connectivity index (χ1n) is 8.06. The highest BCUT2D eigenvalue weighted by Gasteiger charge is 2.17. The second-order valence-electron chi connectivity index (χ2n) is 6.01. The van der Waals surface area contributed by atoms with Gasteiger partial charge in [-0.05, 0) is 43.8 Å². The zero-order chi connectivity index (χ0) is 15.4. The Kier molecular flexibility index (Phi) is 4.64. The summed E-state index contributed by atoms with van der Waals surface area (Å²) < 4.78 is 0. The third-order valence-corrected chi connectivity index (χ3v) is 4.36. The number of benzene rings is 2. The molecule has 0 radical (unpaired) electrons. The van der Waals surface area contributed by atoms with E-state index in [0.29, 0.717) is 0 Å². The van der Waals surface area contributed by atoms with Crippen LogP contribution in [0.25, 0.3) is 0 Å². The summed E-state index contributed by atoms with van der Waals surface area (Å²) in [6.07, 6.45) is 0. The van der Waals surface area contributed by atoms with Crippen molar-refractivity contribution in [1.29, 1.82) is 0 Å². The van der Waals surface area contributed by atoms with Crippen molar-refractivity contribution in [2.75, 3.05) is 43.0 Å². The largest absolute Gasteiger partial charge is 0.368 e. The molecule has 3 nitrogen and oxygen atoms in total. The van der Waals surface area contributed by atoms with Gasteiger partial charge in [0.25, 0.3) is 0 Å². The van der Waals surface area contributed by atoms with Crippen LogP contribution in [0.15, 0.2) is 48.5 Å². The number of nitrogens with one attached hydrogen (secondary N) is 1. The molecule has 0 aromatic heterocycles. The predicted octanol–water partition coefficient (Wildman–Crippen LogP) is 3.04. The van der Waals surface area contributed by atoms with Gasteiger partial charge in [0.2, 0.25) is 0 Å². The summed E-state index contributed by atoms with van der Waals surface area (Å²) in [5, 5.41) is 3.19. The van der Waals surface area contributed by atoms with Gasteiger partial charge in [-0.3, -0.25) is 0 Å². The summed E-state index contributed by atoms with van der Waals surface area (Å²) in [5.74, 6) is 0. The second-order valence-corrected chi connectivity index (χ2v) is 6.01. The standard InChI is InChI=1S/C19H25N3/c1-16-3-7-18(8-4-16)21-11-13-22(14-12-21)19-9-5-17(6-10-19)15-20-2/h3-10,20H,11-15H2,1-2H3. The highest BCUT2D eigenvalue weighted by Crippen LogP contribution is 2.21. The van der Waals surface area contributed by atoms with Crippen molar-refractivity contribution in [2.24, 2.45) is 0 Å². The topological polar surface area (TPSA) is 18.5 Å². The van der Waals surface area contributed by atoms with Gasteiger partial charge in [-0.25, -0.2) is 0 Å². The molecule has 3 rings (SSSR count). The van der Waals surface area contributed by atoms with Crippen LogP contribution in [0.2, 0.25) is 0 Å². The van der Waals surface area contributed by atoms with Crippen LogP contribution in [-0.2, 0) is 6.54 Å². The van der Waals surface area contributed by atoms with Crippen molar-refractivity contribution >= 4 is 11.4 Å². The molecule has 2 aromatic rings. The van der Waals surface area contributed by atoms with E-state index in [1.54, 1.807) is 0 Å². The molecule has 0 spiro atoms. The fourth-order valence-corrected chi connectivity index (χ4v) is 3.01. The van der Waals surface area contributed by atoms with Gasteiger partial charge in [0.15, 0.2) is 0 Å². The van der Waals surface area contributed by atoms with Crippen LogP contribution in [0.4, 0.5) is 11.4 Å². The lowest BCUT2D eigenvalue weighted by atomic mass is 10.1. The lowest BCUT2D eigenvalue weighted by Gasteiger charge is -2.37. The quantitative estimate of drug-likeness (QED) is 0.935. The molecular formula is C19H25N3. The average molecular weight is 295 g/mol. The van der Waals surface area contributed by atoms with Crippen LogP contribution in [0, 0.1) is 6.92 Å². The number of anilines is 2. The van der Waals surface area contributed by atoms with Crippen molar-refractivity contribution < 1.29 is 0 Å². The molecule has 1 N–H and O–H groups in total. The van der Waals surface area contributed by atoms with Gasteiger partial charge in [-0.15, -0.1) is 0 Å². The van der Waals surface area contributed by atoms with Crippen LogP contribution in [0.5, 0.6) is 0 Å². The Hall–Kier alpha value is -2.00. The van der Waals surface area contributed by atoms with E-state index < -0.39 is 0 Å². The van der Waals surface area contributed by atoms with E-state index >= 15 is 0 Å². The van der Waals surface area contributed by atoms with Crippen molar-refractivity contribution in [3.8, 4) is 0 Å². The highest BCUT2D eigenvalue weighted by atomic mass is 15.3. The van der Waals surface area contributed by atoms with E-state index in [0.717, 1.165) is 32.7 Å². The Bertz CT molecular complexity index is 581. The maximum Gasteiger partial charge on any atom is 0.0367 e. The van der Waals surface area contributed by atoms with E-state index in [9.17, 15) is 0 Å². The van der Waals surface area contributed by atoms with Gasteiger partial charge in [-0.2, -0.15) is 0 Å². The minimum absolute atomic E-state index is 0.932. The van der Waals surface area contributed by atoms with Crippen LogP contribution in [0.3, 0.4) is 0 Å². The maximum absolute atomic E-state index is 3.19. The fourth-order valence-electron chi connectivity index (χ4n) is 3.01. The molecule has 2 aromatic carbocycles. The van der Waals surface area contributed by atoms with Gasteiger partial charge < -0.3 is 15.1 Å². The summed E-state index contributed by atoms with van der Waals surface area (Å²) in [6.45, 7) is 7.40. The molecule has 1 saturated heterocycles. The Morgan fingerprint density at radius 2 is 1.23 bits per heavy atom. The minimum Gasteiger partial charge on any atom is -0.368 e. The van der Waals surface area contributed by atoms with Crippen LogP contribution in [-0.4, -0.2) is 33.2 Å². The monoisotopic (exact) mass is 295 g/mol. The first kappa shape index (κ1) is 14.9. The number of aryl methyl sites for hydroxylation is 1. The number of piperazine rings is 1. The van der Waals surface area contributed by atoms with Gasteiger partial charge in [0.05, 0.1) is 0 Å². The smallest absolute Gasteiger partial charge is 0.0367 e. The molecule has 1 aliphatic rings. The first-order valence-corrected chi connectivity index (χ1v) is 8.06. The van der Waals surface area contributed by atoms with E-state index in [1.165, 1.54) is 22.5 Å². The summed E-state index contributed by atoms with van der Waals surface area (Å²) in [6, 6.07) is 17.8. The van der Waals surface area contributed by atoms with Crippen molar-refractivity contribution in [1.82, 2.24) is 5.32 Å². The van der Waals surface area contributed by atoms with Crippen molar-refractivity contribution in [3.63, 3.8) is 0 Å². The first-order chi connectivity index (χ1) is 10.8. The van der Waals surface area contributed by atoms with Crippen LogP contribution in [0.1, 0.15) is 11.1 Å². The molecule has 3 heteroatoms. The normalized spacial score (nSPS) is 15.2. The van der Waals surface area contributed by atoms with Gasteiger partial charge >= 0.3 is 0 Å². The number of rotatable bonds is 4. The maximum atomic E-state index is 3.19. The summed E-state index contributed by atoms with van der Waals surface area (Å²) in [4.78, 5) is 4.96. The predicted molar refractivity (Wildman–Crippen MR) is 94.8 cm³/mol. The van der Waals surface area contributed by atoms with Gasteiger partial charge in [0.1, 0.15) is 0 Å². The summed E-state index contributed by atoms with van der Waals surface area (Å²) in [7, 11) is 1.98. The lowest BCUT2D eigenvalue weighted by Crippen LogP contribution is -2.46. The zero-order valence-corrected chi connectivity index (χ0v) is 13.5. The number of nitrogens with zero attached hydrogens (tertiary/aromatic N) is 2. The molecule has 1 fully saturated rings. The molecule has 0 amide bonds. The van der Waals surface area contributed by atoms with Gasteiger partial charge in [-0.1, -0.05) is 29.8 Å². The lowest BCUT2D eigenvalue weighted by molar-refractivity contribution is 0.653. The van der Waals surface area contributed by atoms with Gasteiger partial charge in [0, 0.05) is 44.1 Å². The molecule has 0 saturated carbocycles. The molecule has 22 heavy (non-hydrogen) atoms. The molecule has 1 aliphatic heterocycles. The van der Waals surface area contributed by atoms with Crippen LogP contribution >= 0.6 is 0 Å². The SMILES string of the molecule is CNCc1ccc(N2CCN(c3ccc(C)cc3)CC2)cc1. The Balaban J connectivity index is 1.60. The van der Waals surface area contributed by atoms with E-state index in [2.05, 4.69) is 70.6 Å². The third kappa shape index (κ3) is 3.42. The molecule has 0 aliphatic carbocycles. The number of hydrogen-bond donors (Lipinski definition) is 1. The van der Waals surface area contributed by atoms with E-state index in [4.69, 9.17) is 0 Å². The molecule has 0 unspecified atom stereocenters. The zero-order valence-electron chi connectivity index (χ0n) is 13.5. The van der Waals surface area contributed by atoms with E-state index in [-0.39, 0.29) is 0 Å². The average Bonchev–Trinajstić information content (AvgIpc) is 2.57. The number of hydrogen-bond acceptors (Lipinski definition) is 3. The minimum atomic E-state index is 0.932. The highest BCUT2D eigenvalue weighted by molar-refractivity contribution is 5.52. The summed E-state index contributed by atoms with van der Waals surface area (Å²) >= 11 is 0.